The molecular formula is C27H45NO4. The van der Waals surface area contributed by atoms with Crippen molar-refractivity contribution in [1.82, 2.24) is 4.98 Å². The Labute approximate surface area is 195 Å². The topological polar surface area (TPSA) is 76.5 Å². The first-order valence-corrected chi connectivity index (χ1v) is 12.9. The number of Topliss-reactive ketones (excluding diaryl/α,β-unsaturated/α-hetero) is 1. The Hall–Kier alpha value is -1.75. The highest BCUT2D eigenvalue weighted by atomic mass is 16.5. The minimum Gasteiger partial charge on any atom is -0.459 e. The summed E-state index contributed by atoms with van der Waals surface area (Å²) in [6.07, 6.45) is 22.1. The molecule has 1 N–H and O–H groups in total. The summed E-state index contributed by atoms with van der Waals surface area (Å²) in [6, 6.07) is 3.10. The number of carbonyl (C=O) groups is 2. The number of aromatic nitrogens is 1. The van der Waals surface area contributed by atoms with Gasteiger partial charge in [0.2, 0.25) is 0 Å². The van der Waals surface area contributed by atoms with Gasteiger partial charge in [-0.15, -0.1) is 0 Å². The second-order valence-corrected chi connectivity index (χ2v) is 8.93. The van der Waals surface area contributed by atoms with Crippen LogP contribution in [0.15, 0.2) is 24.5 Å². The van der Waals surface area contributed by atoms with E-state index in [0.29, 0.717) is 12.0 Å². The maximum absolute atomic E-state index is 12.0. The van der Waals surface area contributed by atoms with E-state index in [1.165, 1.54) is 95.9 Å². The fourth-order valence-corrected chi connectivity index (χ4v) is 3.86. The van der Waals surface area contributed by atoms with Crippen LogP contribution in [-0.4, -0.2) is 34.6 Å². The van der Waals surface area contributed by atoms with Gasteiger partial charge in [0.15, 0.2) is 0 Å². The van der Waals surface area contributed by atoms with E-state index in [0.717, 1.165) is 12.8 Å². The van der Waals surface area contributed by atoms with Crippen LogP contribution in [0.25, 0.3) is 0 Å². The van der Waals surface area contributed by atoms with E-state index in [9.17, 15) is 14.7 Å². The number of pyridine rings is 1. The van der Waals surface area contributed by atoms with Gasteiger partial charge in [0.1, 0.15) is 12.4 Å². The molecule has 0 bridgehead atoms. The number of aliphatic hydroxyl groups is 1. The fourth-order valence-electron chi connectivity index (χ4n) is 3.86. The minimum atomic E-state index is -0.940. The molecule has 0 aliphatic rings. The molecule has 5 heteroatoms. The zero-order valence-electron chi connectivity index (χ0n) is 20.2. The van der Waals surface area contributed by atoms with Crippen LogP contribution in [0.4, 0.5) is 0 Å². The van der Waals surface area contributed by atoms with Crippen LogP contribution in [0.1, 0.15) is 126 Å². The van der Waals surface area contributed by atoms with Gasteiger partial charge < -0.3 is 9.84 Å². The van der Waals surface area contributed by atoms with Crippen molar-refractivity contribution in [2.45, 2.75) is 122 Å². The molecule has 0 aliphatic heterocycles. The number of unbranched alkanes of at least 4 members (excludes halogenated alkanes) is 14. The van der Waals surface area contributed by atoms with E-state index < -0.39 is 12.1 Å². The molecule has 1 aromatic rings. The number of rotatable bonds is 21. The van der Waals surface area contributed by atoms with E-state index in [1.807, 2.05) is 0 Å². The van der Waals surface area contributed by atoms with Crippen molar-refractivity contribution in [2.24, 2.45) is 0 Å². The molecule has 0 radical (unpaired) electrons. The number of ether oxygens (including phenoxy) is 1. The second-order valence-electron chi connectivity index (χ2n) is 8.93. The summed E-state index contributed by atoms with van der Waals surface area (Å²) >= 11 is 0. The summed E-state index contributed by atoms with van der Waals surface area (Å²) < 4.78 is 5.05. The Morgan fingerprint density at radius 1 is 0.812 bits per heavy atom. The van der Waals surface area contributed by atoms with Crippen molar-refractivity contribution in [3.8, 4) is 0 Å². The third-order valence-electron chi connectivity index (χ3n) is 5.85. The second kappa shape index (κ2) is 19.9. The predicted molar refractivity (Wildman–Crippen MR) is 130 cm³/mol. The number of hydrogen-bond acceptors (Lipinski definition) is 5. The Morgan fingerprint density at radius 3 is 1.78 bits per heavy atom. The number of esters is 1. The molecule has 1 aromatic heterocycles. The van der Waals surface area contributed by atoms with Gasteiger partial charge in [-0.3, -0.25) is 9.78 Å². The average Bonchev–Trinajstić information content (AvgIpc) is 2.80. The lowest BCUT2D eigenvalue weighted by atomic mass is 10.0. The van der Waals surface area contributed by atoms with Crippen molar-refractivity contribution in [1.29, 1.82) is 0 Å². The molecule has 0 spiro atoms. The predicted octanol–water partition coefficient (Wildman–Crippen LogP) is 6.82. The molecule has 1 rings (SSSR count). The SMILES string of the molecule is CCCCCCCCCCCCCCCCCC(=O)C[C@@H](O)COC(=O)c1ccncc1. The Kier molecular flexibility index (Phi) is 17.6. The number of nitrogens with zero attached hydrogens (tertiary/aromatic N) is 1. The van der Waals surface area contributed by atoms with Gasteiger partial charge >= 0.3 is 5.97 Å². The largest absolute Gasteiger partial charge is 0.459 e. The molecule has 0 aromatic carbocycles. The smallest absolute Gasteiger partial charge is 0.338 e. The third kappa shape index (κ3) is 16.0. The Balaban J connectivity index is 1.87. The summed E-state index contributed by atoms with van der Waals surface area (Å²) in [7, 11) is 0. The van der Waals surface area contributed by atoms with Crippen LogP contribution in [-0.2, 0) is 9.53 Å². The van der Waals surface area contributed by atoms with E-state index in [2.05, 4.69) is 11.9 Å². The highest BCUT2D eigenvalue weighted by molar-refractivity contribution is 5.89. The van der Waals surface area contributed by atoms with Gasteiger partial charge in [-0.05, 0) is 18.6 Å². The van der Waals surface area contributed by atoms with E-state index in [4.69, 9.17) is 4.74 Å². The van der Waals surface area contributed by atoms with E-state index in [1.54, 1.807) is 12.1 Å². The zero-order chi connectivity index (χ0) is 23.3. The van der Waals surface area contributed by atoms with Crippen molar-refractivity contribution in [3.05, 3.63) is 30.1 Å². The number of aliphatic hydroxyl groups excluding tert-OH is 1. The Bertz CT molecular complexity index is 591. The quantitative estimate of drug-likeness (QED) is 0.165. The molecule has 182 valence electrons. The first-order chi connectivity index (χ1) is 15.6. The molecule has 0 saturated carbocycles. The van der Waals surface area contributed by atoms with Crippen LogP contribution in [0.3, 0.4) is 0 Å². The summed E-state index contributed by atoms with van der Waals surface area (Å²) in [5.41, 5.74) is 0.385. The van der Waals surface area contributed by atoms with Crippen LogP contribution >= 0.6 is 0 Å². The van der Waals surface area contributed by atoms with E-state index in [-0.39, 0.29) is 18.8 Å². The lowest BCUT2D eigenvalue weighted by Crippen LogP contribution is -2.22. The molecule has 0 unspecified atom stereocenters. The zero-order valence-corrected chi connectivity index (χ0v) is 20.2. The molecule has 1 atom stereocenters. The van der Waals surface area contributed by atoms with Gasteiger partial charge in [0, 0.05) is 25.2 Å². The van der Waals surface area contributed by atoms with Gasteiger partial charge in [0.05, 0.1) is 11.7 Å². The number of hydrogen-bond donors (Lipinski definition) is 1. The van der Waals surface area contributed by atoms with Gasteiger partial charge in [0.25, 0.3) is 0 Å². The van der Waals surface area contributed by atoms with Gasteiger partial charge in [-0.1, -0.05) is 96.8 Å². The standard InChI is InChI=1S/C27H45NO4/c1-2-3-4-5-6-7-8-9-10-11-12-13-14-15-16-17-25(29)22-26(30)23-32-27(31)24-18-20-28-21-19-24/h18-21,26,30H,2-17,22-23H2,1H3/t26-/m1/s1. The summed E-state index contributed by atoms with van der Waals surface area (Å²) in [5.74, 6) is -0.478. The first kappa shape index (κ1) is 28.3. The molecule has 0 saturated heterocycles. The van der Waals surface area contributed by atoms with Crippen molar-refractivity contribution < 1.29 is 19.4 Å². The maximum Gasteiger partial charge on any atom is 0.338 e. The lowest BCUT2D eigenvalue weighted by Gasteiger charge is -2.10. The molecule has 1 heterocycles. The number of carbonyl (C=O) groups excluding carboxylic acids is 2. The number of ketones is 1. The molecule has 5 nitrogen and oxygen atoms in total. The fraction of sp³-hybridized carbons (Fsp3) is 0.741. The summed E-state index contributed by atoms with van der Waals surface area (Å²) in [4.78, 5) is 27.7. The van der Waals surface area contributed by atoms with Crippen molar-refractivity contribution >= 4 is 11.8 Å². The highest BCUT2D eigenvalue weighted by Crippen LogP contribution is 2.14. The van der Waals surface area contributed by atoms with Crippen LogP contribution in [0.2, 0.25) is 0 Å². The summed E-state index contributed by atoms with van der Waals surface area (Å²) in [5, 5.41) is 9.93. The normalized spacial score (nSPS) is 11.9. The Morgan fingerprint density at radius 2 is 1.28 bits per heavy atom. The van der Waals surface area contributed by atoms with Crippen molar-refractivity contribution in [3.63, 3.8) is 0 Å². The highest BCUT2D eigenvalue weighted by Gasteiger charge is 2.14. The lowest BCUT2D eigenvalue weighted by molar-refractivity contribution is -0.121. The average molecular weight is 448 g/mol. The van der Waals surface area contributed by atoms with Crippen molar-refractivity contribution in [2.75, 3.05) is 6.61 Å². The van der Waals surface area contributed by atoms with E-state index >= 15 is 0 Å². The third-order valence-corrected chi connectivity index (χ3v) is 5.85. The maximum atomic E-state index is 12.0. The monoisotopic (exact) mass is 447 g/mol. The van der Waals surface area contributed by atoms with Gasteiger partial charge in [-0.25, -0.2) is 4.79 Å². The van der Waals surface area contributed by atoms with Crippen LogP contribution < -0.4 is 0 Å². The molecule has 0 fully saturated rings. The molecule has 0 aliphatic carbocycles. The minimum absolute atomic E-state index is 0.0344. The molecular weight excluding hydrogens is 402 g/mol. The van der Waals surface area contributed by atoms with Crippen LogP contribution in [0, 0.1) is 0 Å². The first-order valence-electron chi connectivity index (χ1n) is 12.9. The van der Waals surface area contributed by atoms with Gasteiger partial charge in [-0.2, -0.15) is 0 Å². The molecule has 0 amide bonds. The molecule has 32 heavy (non-hydrogen) atoms. The van der Waals surface area contributed by atoms with Crippen LogP contribution in [0.5, 0.6) is 0 Å². The summed E-state index contributed by atoms with van der Waals surface area (Å²) in [6.45, 7) is 2.10.